The SMILES string of the molecule is CNc1nc(NC2CCCC[C@H]2N)n(Cc2ccccc2)c1C(=O)NCC(=O)c1ccccc1. The van der Waals surface area contributed by atoms with Crippen LogP contribution in [0.25, 0.3) is 0 Å². The van der Waals surface area contributed by atoms with E-state index in [0.29, 0.717) is 29.6 Å². The number of hydrogen-bond donors (Lipinski definition) is 4. The van der Waals surface area contributed by atoms with E-state index in [2.05, 4.69) is 16.0 Å². The highest BCUT2D eigenvalue weighted by Gasteiger charge is 2.27. The molecule has 1 saturated carbocycles. The molecule has 1 amide bonds. The molecule has 178 valence electrons. The Bertz CT molecular complexity index is 1110. The van der Waals surface area contributed by atoms with Gasteiger partial charge in [-0.2, -0.15) is 4.98 Å². The second-order valence-electron chi connectivity index (χ2n) is 8.63. The van der Waals surface area contributed by atoms with Crippen molar-refractivity contribution >= 4 is 23.5 Å². The second kappa shape index (κ2) is 11.0. The van der Waals surface area contributed by atoms with Crippen LogP contribution in [0.3, 0.4) is 0 Å². The molecule has 2 atom stereocenters. The Balaban J connectivity index is 1.61. The molecule has 1 heterocycles. The third-order valence-electron chi connectivity index (χ3n) is 6.24. The van der Waals surface area contributed by atoms with Crippen LogP contribution < -0.4 is 21.7 Å². The third-order valence-corrected chi connectivity index (χ3v) is 6.24. The van der Waals surface area contributed by atoms with Crippen LogP contribution in [0.4, 0.5) is 11.8 Å². The summed E-state index contributed by atoms with van der Waals surface area (Å²) in [6.07, 6.45) is 4.16. The van der Waals surface area contributed by atoms with Gasteiger partial charge in [0.1, 0.15) is 0 Å². The molecule has 5 N–H and O–H groups in total. The molecule has 1 unspecified atom stereocenters. The summed E-state index contributed by atoms with van der Waals surface area (Å²) in [7, 11) is 1.73. The van der Waals surface area contributed by atoms with Crippen LogP contribution in [-0.4, -0.2) is 46.9 Å². The molecule has 8 heteroatoms. The fraction of sp³-hybridized carbons (Fsp3) is 0.346. The summed E-state index contributed by atoms with van der Waals surface area (Å²) in [5, 5.41) is 9.32. The molecule has 3 aromatic rings. The van der Waals surface area contributed by atoms with Gasteiger partial charge in [-0.15, -0.1) is 0 Å². The van der Waals surface area contributed by atoms with Gasteiger partial charge in [-0.1, -0.05) is 73.5 Å². The minimum atomic E-state index is -0.363. The first-order valence-electron chi connectivity index (χ1n) is 11.8. The molecule has 34 heavy (non-hydrogen) atoms. The Hall–Kier alpha value is -3.65. The van der Waals surface area contributed by atoms with Crippen molar-refractivity contribution in [1.82, 2.24) is 14.9 Å². The number of carbonyl (C=O) groups excluding carboxylic acids is 2. The predicted molar refractivity (Wildman–Crippen MR) is 134 cm³/mol. The molecular formula is C26H32N6O2. The molecule has 8 nitrogen and oxygen atoms in total. The van der Waals surface area contributed by atoms with E-state index >= 15 is 0 Å². The number of nitrogens with one attached hydrogen (secondary N) is 3. The normalized spacial score (nSPS) is 17.7. The summed E-state index contributed by atoms with van der Waals surface area (Å²) < 4.78 is 1.87. The molecule has 0 radical (unpaired) electrons. The van der Waals surface area contributed by atoms with Gasteiger partial charge in [0.25, 0.3) is 5.91 Å². The molecule has 1 aromatic heterocycles. The molecule has 0 spiro atoms. The van der Waals surface area contributed by atoms with E-state index in [1.165, 1.54) is 0 Å². The summed E-state index contributed by atoms with van der Waals surface area (Å²) in [5.74, 6) is 0.529. The van der Waals surface area contributed by atoms with Gasteiger partial charge in [-0.05, 0) is 18.4 Å². The predicted octanol–water partition coefficient (Wildman–Crippen LogP) is 3.27. The summed E-state index contributed by atoms with van der Waals surface area (Å²) in [4.78, 5) is 30.6. The van der Waals surface area contributed by atoms with Crippen LogP contribution in [0.2, 0.25) is 0 Å². The van der Waals surface area contributed by atoms with E-state index in [-0.39, 0.29) is 30.3 Å². The molecule has 2 aromatic carbocycles. The topological polar surface area (TPSA) is 114 Å². The maximum absolute atomic E-state index is 13.3. The van der Waals surface area contributed by atoms with E-state index in [0.717, 1.165) is 31.2 Å². The highest BCUT2D eigenvalue weighted by molar-refractivity contribution is 6.03. The molecule has 4 rings (SSSR count). The smallest absolute Gasteiger partial charge is 0.272 e. The number of carbonyl (C=O) groups is 2. The maximum atomic E-state index is 13.3. The van der Waals surface area contributed by atoms with Crippen LogP contribution in [0.5, 0.6) is 0 Å². The minimum Gasteiger partial charge on any atom is -0.371 e. The zero-order valence-corrected chi connectivity index (χ0v) is 19.5. The molecule has 0 bridgehead atoms. The molecular weight excluding hydrogens is 428 g/mol. The lowest BCUT2D eigenvalue weighted by atomic mass is 9.91. The van der Waals surface area contributed by atoms with Gasteiger partial charge in [0.2, 0.25) is 5.95 Å². The van der Waals surface area contributed by atoms with Crippen LogP contribution in [0, 0.1) is 0 Å². The van der Waals surface area contributed by atoms with Gasteiger partial charge in [-0.3, -0.25) is 14.2 Å². The maximum Gasteiger partial charge on any atom is 0.272 e. The first-order chi connectivity index (χ1) is 16.6. The highest BCUT2D eigenvalue weighted by Crippen LogP contribution is 2.26. The molecule has 1 aliphatic carbocycles. The van der Waals surface area contributed by atoms with Crippen LogP contribution in [-0.2, 0) is 6.54 Å². The van der Waals surface area contributed by atoms with E-state index in [1.807, 2.05) is 41.0 Å². The van der Waals surface area contributed by atoms with E-state index in [9.17, 15) is 9.59 Å². The average Bonchev–Trinajstić information content (AvgIpc) is 3.21. The molecule has 1 aliphatic rings. The fourth-order valence-corrected chi connectivity index (χ4v) is 4.36. The van der Waals surface area contributed by atoms with Gasteiger partial charge in [0, 0.05) is 24.7 Å². The summed E-state index contributed by atoms with van der Waals surface area (Å²) in [5.41, 5.74) is 8.34. The minimum absolute atomic E-state index is 0.0365. The van der Waals surface area contributed by atoms with Gasteiger partial charge in [0.15, 0.2) is 17.3 Å². The molecule has 0 aliphatic heterocycles. The van der Waals surface area contributed by atoms with Crippen LogP contribution >= 0.6 is 0 Å². The standard InChI is InChI=1S/C26H32N6O2/c1-28-24-23(25(34)29-16-22(33)19-12-6-3-7-13-19)32(17-18-10-4-2-5-11-18)26(31-24)30-21-15-9-8-14-20(21)27/h2-7,10-13,20-21,28H,8-9,14-17,27H2,1H3,(H,29,34)(H,30,31)/t20-,21?/m1/s1. The summed E-state index contributed by atoms with van der Waals surface area (Å²) in [6, 6.07) is 19.0. The lowest BCUT2D eigenvalue weighted by molar-refractivity contribution is 0.0899. The highest BCUT2D eigenvalue weighted by atomic mass is 16.2. The Labute approximate surface area is 200 Å². The third kappa shape index (κ3) is 5.46. The number of rotatable bonds is 9. The average molecular weight is 461 g/mol. The lowest BCUT2D eigenvalue weighted by Gasteiger charge is -2.30. The van der Waals surface area contributed by atoms with Crippen molar-refractivity contribution in [2.45, 2.75) is 44.3 Å². The van der Waals surface area contributed by atoms with Crippen molar-refractivity contribution in [3.8, 4) is 0 Å². The zero-order chi connectivity index (χ0) is 23.9. The Morgan fingerprint density at radius 3 is 2.38 bits per heavy atom. The number of imidazole rings is 1. The summed E-state index contributed by atoms with van der Waals surface area (Å²) in [6.45, 7) is 0.355. The number of nitrogens with zero attached hydrogens (tertiary/aromatic N) is 2. The number of anilines is 2. The number of hydrogen-bond acceptors (Lipinski definition) is 6. The number of nitrogens with two attached hydrogens (primary N) is 1. The Kier molecular flexibility index (Phi) is 7.59. The van der Waals surface area contributed by atoms with Crippen molar-refractivity contribution in [1.29, 1.82) is 0 Å². The van der Waals surface area contributed by atoms with Crippen molar-refractivity contribution < 1.29 is 9.59 Å². The number of aromatic nitrogens is 2. The Morgan fingerprint density at radius 1 is 1.03 bits per heavy atom. The Morgan fingerprint density at radius 2 is 1.71 bits per heavy atom. The number of Topliss-reactive ketones (excluding diaryl/α,β-unsaturated/α-hetero) is 1. The second-order valence-corrected chi connectivity index (χ2v) is 8.63. The first-order valence-corrected chi connectivity index (χ1v) is 11.8. The van der Waals surface area contributed by atoms with E-state index in [4.69, 9.17) is 10.7 Å². The summed E-state index contributed by atoms with van der Waals surface area (Å²) >= 11 is 0. The number of ketones is 1. The largest absolute Gasteiger partial charge is 0.371 e. The van der Waals surface area contributed by atoms with Gasteiger partial charge in [0.05, 0.1) is 13.1 Å². The fourth-order valence-electron chi connectivity index (χ4n) is 4.36. The first kappa shape index (κ1) is 23.5. The van der Waals surface area contributed by atoms with E-state index < -0.39 is 0 Å². The van der Waals surface area contributed by atoms with Crippen molar-refractivity contribution in [3.63, 3.8) is 0 Å². The van der Waals surface area contributed by atoms with Crippen LogP contribution in [0.1, 0.15) is 52.1 Å². The lowest BCUT2D eigenvalue weighted by Crippen LogP contribution is -2.43. The number of amides is 1. The van der Waals surface area contributed by atoms with Crippen molar-refractivity contribution in [2.75, 3.05) is 24.2 Å². The molecule has 1 fully saturated rings. The van der Waals surface area contributed by atoms with Gasteiger partial charge < -0.3 is 21.7 Å². The van der Waals surface area contributed by atoms with Crippen molar-refractivity contribution in [3.05, 3.63) is 77.5 Å². The van der Waals surface area contributed by atoms with E-state index in [1.54, 1.807) is 31.3 Å². The molecule has 0 saturated heterocycles. The number of benzene rings is 2. The van der Waals surface area contributed by atoms with Crippen molar-refractivity contribution in [2.24, 2.45) is 5.73 Å². The van der Waals surface area contributed by atoms with Gasteiger partial charge in [-0.25, -0.2) is 0 Å². The van der Waals surface area contributed by atoms with Gasteiger partial charge >= 0.3 is 0 Å². The monoisotopic (exact) mass is 460 g/mol. The van der Waals surface area contributed by atoms with Crippen LogP contribution in [0.15, 0.2) is 60.7 Å². The quantitative estimate of drug-likeness (QED) is 0.365. The zero-order valence-electron chi connectivity index (χ0n) is 19.5.